The Labute approximate surface area is 123 Å². The second kappa shape index (κ2) is 6.23. The summed E-state index contributed by atoms with van der Waals surface area (Å²) >= 11 is 1.39. The monoisotopic (exact) mass is 288 g/mol. The molecular formula is C17H17FOS. The van der Waals surface area contributed by atoms with E-state index in [2.05, 4.69) is 0 Å². The lowest BCUT2D eigenvalue weighted by atomic mass is 10.0. The summed E-state index contributed by atoms with van der Waals surface area (Å²) < 4.78 is 13.2. The Morgan fingerprint density at radius 3 is 2.60 bits per heavy atom. The van der Waals surface area contributed by atoms with E-state index in [1.165, 1.54) is 23.9 Å². The molecule has 20 heavy (non-hydrogen) atoms. The topological polar surface area (TPSA) is 17.1 Å². The van der Waals surface area contributed by atoms with Crippen molar-refractivity contribution in [1.29, 1.82) is 0 Å². The Morgan fingerprint density at radius 2 is 1.90 bits per heavy atom. The second-order valence-corrected chi connectivity index (χ2v) is 6.31. The highest BCUT2D eigenvalue weighted by atomic mass is 32.2. The largest absolute Gasteiger partial charge is 0.293 e. The molecule has 0 aliphatic heterocycles. The van der Waals surface area contributed by atoms with Crippen molar-refractivity contribution >= 4 is 17.5 Å². The van der Waals surface area contributed by atoms with Gasteiger partial charge >= 0.3 is 0 Å². The third-order valence-corrected chi connectivity index (χ3v) is 4.23. The van der Waals surface area contributed by atoms with Gasteiger partial charge < -0.3 is 0 Å². The average molecular weight is 288 g/mol. The van der Waals surface area contributed by atoms with Crippen LogP contribution in [0.1, 0.15) is 28.4 Å². The van der Waals surface area contributed by atoms with Crippen molar-refractivity contribution in [2.24, 2.45) is 0 Å². The maximum absolute atomic E-state index is 13.2. The molecule has 0 saturated heterocycles. The molecular weight excluding hydrogens is 271 g/mol. The van der Waals surface area contributed by atoms with Gasteiger partial charge in [0.25, 0.3) is 0 Å². The summed E-state index contributed by atoms with van der Waals surface area (Å²) in [4.78, 5) is 13.3. The summed E-state index contributed by atoms with van der Waals surface area (Å²) in [6.07, 6.45) is 0. The molecule has 0 spiro atoms. The highest BCUT2D eigenvalue weighted by Gasteiger charge is 2.18. The van der Waals surface area contributed by atoms with Gasteiger partial charge in [0.05, 0.1) is 5.25 Å². The maximum atomic E-state index is 13.2. The summed E-state index contributed by atoms with van der Waals surface area (Å²) in [5, 5.41) is -0.239. The van der Waals surface area contributed by atoms with E-state index in [0.29, 0.717) is 0 Å². The fourth-order valence-corrected chi connectivity index (χ4v) is 3.00. The van der Waals surface area contributed by atoms with Gasteiger partial charge in [0.2, 0.25) is 0 Å². The number of hydrogen-bond donors (Lipinski definition) is 0. The third-order valence-electron chi connectivity index (χ3n) is 3.14. The van der Waals surface area contributed by atoms with E-state index >= 15 is 0 Å². The van der Waals surface area contributed by atoms with Gasteiger partial charge in [-0.25, -0.2) is 4.39 Å². The molecule has 3 heteroatoms. The van der Waals surface area contributed by atoms with Crippen molar-refractivity contribution in [3.63, 3.8) is 0 Å². The summed E-state index contributed by atoms with van der Waals surface area (Å²) in [6.45, 7) is 5.77. The second-order valence-electron chi connectivity index (χ2n) is 4.90. The fourth-order valence-electron chi connectivity index (χ4n) is 2.02. The number of halogens is 1. The Hall–Kier alpha value is -1.61. The van der Waals surface area contributed by atoms with Crippen molar-refractivity contribution in [3.05, 3.63) is 65.0 Å². The molecule has 0 heterocycles. The maximum Gasteiger partial charge on any atom is 0.176 e. The lowest BCUT2D eigenvalue weighted by Gasteiger charge is -2.13. The molecule has 0 amide bonds. The predicted octanol–water partition coefficient (Wildman–Crippen LogP) is 4.81. The zero-order valence-electron chi connectivity index (χ0n) is 11.8. The molecule has 2 aromatic carbocycles. The van der Waals surface area contributed by atoms with Gasteiger partial charge in [-0.3, -0.25) is 4.79 Å². The van der Waals surface area contributed by atoms with Crippen molar-refractivity contribution < 1.29 is 9.18 Å². The molecule has 2 aromatic rings. The van der Waals surface area contributed by atoms with Crippen LogP contribution in [0.4, 0.5) is 4.39 Å². The number of thioether (sulfide) groups is 1. The molecule has 0 fully saturated rings. The number of benzene rings is 2. The molecule has 1 unspecified atom stereocenters. The summed E-state index contributed by atoms with van der Waals surface area (Å²) in [7, 11) is 0. The number of Topliss-reactive ketones (excluding diaryl/α,β-unsaturated/α-hetero) is 1. The first-order valence-electron chi connectivity index (χ1n) is 6.51. The number of carbonyl (C=O) groups excluding carboxylic acids is 1. The molecule has 1 nitrogen and oxygen atoms in total. The van der Waals surface area contributed by atoms with Crippen LogP contribution in [-0.2, 0) is 0 Å². The number of ketones is 1. The van der Waals surface area contributed by atoms with Crippen LogP contribution in [0.2, 0.25) is 0 Å². The lowest BCUT2D eigenvalue weighted by molar-refractivity contribution is 0.0993. The minimum absolute atomic E-state index is 0.0838. The molecule has 2 rings (SSSR count). The van der Waals surface area contributed by atoms with Crippen molar-refractivity contribution in [3.8, 4) is 0 Å². The van der Waals surface area contributed by atoms with E-state index in [9.17, 15) is 9.18 Å². The first kappa shape index (κ1) is 14.8. The molecule has 0 aliphatic rings. The van der Waals surface area contributed by atoms with Gasteiger partial charge in [-0.05, 0) is 50.6 Å². The minimum atomic E-state index is -0.276. The highest BCUT2D eigenvalue weighted by Crippen LogP contribution is 2.27. The standard InChI is InChI=1S/C17H17FOS/c1-11-7-8-12(2)16(9-11)17(19)13(3)20-15-6-4-5-14(18)10-15/h4-10,13H,1-3H3. The first-order chi connectivity index (χ1) is 9.47. The van der Waals surface area contributed by atoms with Crippen LogP contribution in [0.5, 0.6) is 0 Å². The smallest absolute Gasteiger partial charge is 0.176 e. The van der Waals surface area contributed by atoms with Crippen LogP contribution in [0.3, 0.4) is 0 Å². The molecule has 104 valence electrons. The van der Waals surface area contributed by atoms with E-state index < -0.39 is 0 Å². The summed E-state index contributed by atoms with van der Waals surface area (Å²) in [6, 6.07) is 12.2. The predicted molar refractivity (Wildman–Crippen MR) is 82.0 cm³/mol. The molecule has 0 bridgehead atoms. The van der Waals surface area contributed by atoms with Gasteiger partial charge in [-0.2, -0.15) is 0 Å². The molecule has 0 aromatic heterocycles. The van der Waals surface area contributed by atoms with Gasteiger partial charge in [0.15, 0.2) is 5.78 Å². The van der Waals surface area contributed by atoms with Crippen LogP contribution in [-0.4, -0.2) is 11.0 Å². The van der Waals surface area contributed by atoms with Gasteiger partial charge in [0.1, 0.15) is 5.82 Å². The number of carbonyl (C=O) groups is 1. The number of aryl methyl sites for hydroxylation is 2. The SMILES string of the molecule is Cc1ccc(C)c(C(=O)C(C)Sc2cccc(F)c2)c1. The number of hydrogen-bond acceptors (Lipinski definition) is 2. The van der Waals surface area contributed by atoms with Gasteiger partial charge in [-0.15, -0.1) is 11.8 Å². The molecule has 0 N–H and O–H groups in total. The molecule has 0 saturated carbocycles. The van der Waals surface area contributed by atoms with Crippen LogP contribution in [0, 0.1) is 19.7 Å². The third kappa shape index (κ3) is 3.48. The molecule has 0 aliphatic carbocycles. The van der Waals surface area contributed by atoms with Gasteiger partial charge in [0, 0.05) is 10.5 Å². The first-order valence-corrected chi connectivity index (χ1v) is 7.39. The quantitative estimate of drug-likeness (QED) is 0.593. The van der Waals surface area contributed by atoms with E-state index in [1.807, 2.05) is 45.0 Å². The van der Waals surface area contributed by atoms with E-state index in [1.54, 1.807) is 6.07 Å². The van der Waals surface area contributed by atoms with Crippen molar-refractivity contribution in [2.45, 2.75) is 30.9 Å². The van der Waals surface area contributed by atoms with Crippen molar-refractivity contribution in [1.82, 2.24) is 0 Å². The molecule has 1 atom stereocenters. The van der Waals surface area contributed by atoms with E-state index in [4.69, 9.17) is 0 Å². The normalized spacial score (nSPS) is 12.2. The van der Waals surface area contributed by atoms with Crippen molar-refractivity contribution in [2.75, 3.05) is 0 Å². The summed E-state index contributed by atoms with van der Waals surface area (Å²) in [5.74, 6) is -0.193. The van der Waals surface area contributed by atoms with Gasteiger partial charge in [-0.1, -0.05) is 23.8 Å². The fraction of sp³-hybridized carbons (Fsp3) is 0.235. The van der Waals surface area contributed by atoms with Crippen LogP contribution in [0.25, 0.3) is 0 Å². The Bertz CT molecular complexity index is 637. The summed E-state index contributed by atoms with van der Waals surface area (Å²) in [5.41, 5.74) is 2.80. The Morgan fingerprint density at radius 1 is 1.15 bits per heavy atom. The van der Waals surface area contributed by atoms with E-state index in [0.717, 1.165) is 21.6 Å². The zero-order valence-corrected chi connectivity index (χ0v) is 12.6. The lowest BCUT2D eigenvalue weighted by Crippen LogP contribution is -2.15. The minimum Gasteiger partial charge on any atom is -0.293 e. The zero-order chi connectivity index (χ0) is 14.7. The molecule has 0 radical (unpaired) electrons. The van der Waals surface area contributed by atoms with Crippen LogP contribution >= 0.6 is 11.8 Å². The Kier molecular flexibility index (Phi) is 4.61. The number of rotatable bonds is 4. The van der Waals surface area contributed by atoms with Crippen LogP contribution < -0.4 is 0 Å². The Balaban J connectivity index is 2.18. The van der Waals surface area contributed by atoms with Crippen LogP contribution in [0.15, 0.2) is 47.4 Å². The van der Waals surface area contributed by atoms with E-state index in [-0.39, 0.29) is 16.9 Å². The highest BCUT2D eigenvalue weighted by molar-refractivity contribution is 8.00. The average Bonchev–Trinajstić information content (AvgIpc) is 2.40.